The van der Waals surface area contributed by atoms with E-state index in [0.29, 0.717) is 11.5 Å². The number of benzene rings is 7. The van der Waals surface area contributed by atoms with Crippen molar-refractivity contribution in [2.45, 2.75) is 97.8 Å². The van der Waals surface area contributed by atoms with Crippen LogP contribution in [0.15, 0.2) is 164 Å². The molecule has 9 aromatic rings. The summed E-state index contributed by atoms with van der Waals surface area (Å²) in [5, 5.41) is 2.23. The monoisotopic (exact) mass is 1100 g/mol. The van der Waals surface area contributed by atoms with Gasteiger partial charge < -0.3 is 26.5 Å². The molecule has 0 bridgehead atoms. The third-order valence-corrected chi connectivity index (χ3v) is 13.7. The van der Waals surface area contributed by atoms with Gasteiger partial charge in [-0.05, 0) is 97.5 Å². The van der Waals surface area contributed by atoms with Crippen LogP contribution in [0, 0.1) is 26.2 Å². The van der Waals surface area contributed by atoms with E-state index in [-0.39, 0.29) is 50.2 Å². The van der Waals surface area contributed by atoms with Crippen LogP contribution in [0.2, 0.25) is 0 Å². The van der Waals surface area contributed by atoms with Gasteiger partial charge in [-0.2, -0.15) is 6.07 Å². The van der Waals surface area contributed by atoms with Crippen molar-refractivity contribution in [2.24, 2.45) is 0 Å². The molecule has 0 amide bonds. The molecular formula is C64H64N4OPt. The van der Waals surface area contributed by atoms with E-state index in [1.807, 2.05) is 12.3 Å². The molecule has 0 atom stereocenters. The molecule has 70 heavy (non-hydrogen) atoms. The molecule has 0 unspecified atom stereocenters. The number of rotatable bonds is 8. The van der Waals surface area contributed by atoms with Crippen molar-refractivity contribution in [1.29, 1.82) is 0 Å². The van der Waals surface area contributed by atoms with Crippen LogP contribution in [0.25, 0.3) is 38.8 Å². The normalized spacial score (nSPS) is 13.0. The van der Waals surface area contributed by atoms with Crippen LogP contribution >= 0.6 is 0 Å². The summed E-state index contributed by atoms with van der Waals surface area (Å²) < 4.78 is 9.15. The smallest absolute Gasteiger partial charge is 0.509 e. The zero-order chi connectivity index (χ0) is 47.8. The molecule has 356 valence electrons. The van der Waals surface area contributed by atoms with E-state index in [1.54, 1.807) is 0 Å². The molecule has 1 aliphatic rings. The van der Waals surface area contributed by atoms with Gasteiger partial charge in [0.2, 0.25) is 0 Å². The van der Waals surface area contributed by atoms with Crippen molar-refractivity contribution in [3.8, 4) is 28.4 Å². The molecule has 0 radical (unpaired) electrons. The number of ether oxygens (including phenoxy) is 1. The number of hydrogen-bond acceptors (Lipinski definition) is 4. The average molecular weight is 1100 g/mol. The second-order valence-electron chi connectivity index (χ2n) is 22.0. The maximum atomic E-state index is 6.94. The third-order valence-electron chi connectivity index (χ3n) is 13.7. The van der Waals surface area contributed by atoms with E-state index < -0.39 is 0 Å². The number of aromatic nitrogens is 2. The van der Waals surface area contributed by atoms with Crippen molar-refractivity contribution in [1.82, 2.24) is 9.55 Å². The van der Waals surface area contributed by atoms with Gasteiger partial charge in [0.1, 0.15) is 5.82 Å². The van der Waals surface area contributed by atoms with E-state index in [0.717, 1.165) is 55.9 Å². The van der Waals surface area contributed by atoms with Crippen molar-refractivity contribution in [3.63, 3.8) is 0 Å². The summed E-state index contributed by atoms with van der Waals surface area (Å²) in [7, 11) is 0. The maximum Gasteiger partial charge on any atom is 4.00 e. The minimum Gasteiger partial charge on any atom is -0.509 e. The Labute approximate surface area is 431 Å². The Morgan fingerprint density at radius 3 is 1.84 bits per heavy atom. The number of para-hydroxylation sites is 1. The summed E-state index contributed by atoms with van der Waals surface area (Å²) in [6.45, 7) is 27.2. The minimum atomic E-state index is -0.256. The van der Waals surface area contributed by atoms with Crippen molar-refractivity contribution < 1.29 is 25.8 Å². The SMILES string of the molecule is CC(C)(C)c1cc(Oc2[c-]c3c(cc2)c2ccccc2n3-c2cc(C(C)(C)C)ccn2)[c-]c(N2[CH-]N(c3cc(-c4ccccc4)cc(C(C)(C)C)c3)c3ccc(C(C)(C)c4ccccc4)cc32)c1.[CH3-].[Pt+4]. The molecule has 2 aromatic heterocycles. The van der Waals surface area contributed by atoms with Gasteiger partial charge in [0.25, 0.3) is 0 Å². The van der Waals surface area contributed by atoms with Crippen LogP contribution in [0.1, 0.15) is 104 Å². The minimum absolute atomic E-state index is 0. The largest absolute Gasteiger partial charge is 4.00 e. The number of fused-ring (bicyclic) bond motifs is 4. The fourth-order valence-electron chi connectivity index (χ4n) is 9.39. The van der Waals surface area contributed by atoms with Gasteiger partial charge >= 0.3 is 21.1 Å². The number of anilines is 4. The number of nitrogens with zero attached hydrogens (tertiary/aromatic N) is 4. The Hall–Kier alpha value is -6.42. The maximum absolute atomic E-state index is 6.94. The van der Waals surface area contributed by atoms with Crippen molar-refractivity contribution in [2.75, 3.05) is 9.80 Å². The van der Waals surface area contributed by atoms with E-state index >= 15 is 0 Å². The van der Waals surface area contributed by atoms with Crippen LogP contribution in [0.3, 0.4) is 0 Å². The molecule has 0 saturated heterocycles. The number of pyridine rings is 1. The Morgan fingerprint density at radius 2 is 1.14 bits per heavy atom. The first-order valence-electron chi connectivity index (χ1n) is 23.9. The second-order valence-corrected chi connectivity index (χ2v) is 22.0. The first-order valence-corrected chi connectivity index (χ1v) is 23.9. The molecule has 7 aromatic carbocycles. The molecule has 0 N–H and O–H groups in total. The van der Waals surface area contributed by atoms with Gasteiger partial charge in [0.15, 0.2) is 0 Å². The molecule has 0 fully saturated rings. The standard InChI is InChI=1S/C63H61N4O.CH3.Pt/c1-60(2,3)45-30-31-64-59(38-45)67-55-25-19-18-24-53(55)54-28-27-51(40-57(54)67)68-52-36-48(62(7,8)9)35-50(39-52)66-41-65(49-33-43(42-20-14-12-15-21-42)32-47(34-49)61(4,5)6)56-29-26-46(37-58(56)66)63(10,11)44-22-16-13-17-23-44;;/h12-38,41H,1-11H3;1H3;/q-3;-1;+4. The number of hydrogen-bond donors (Lipinski definition) is 0. The van der Waals surface area contributed by atoms with E-state index in [1.165, 1.54) is 33.4 Å². The predicted octanol–water partition coefficient (Wildman–Crippen LogP) is 17.3. The van der Waals surface area contributed by atoms with Crippen molar-refractivity contribution >= 4 is 44.6 Å². The van der Waals surface area contributed by atoms with Crippen LogP contribution < -0.4 is 14.5 Å². The molecular weight excluding hydrogens is 1040 g/mol. The van der Waals surface area contributed by atoms with Gasteiger partial charge in [-0.3, -0.25) is 0 Å². The van der Waals surface area contributed by atoms with E-state index in [4.69, 9.17) is 9.72 Å². The molecule has 5 nitrogen and oxygen atoms in total. The molecule has 0 spiro atoms. The first kappa shape index (κ1) is 50.0. The fraction of sp³-hybridized carbons (Fsp3) is 0.234. The fourth-order valence-corrected chi connectivity index (χ4v) is 9.39. The van der Waals surface area contributed by atoms with Gasteiger partial charge in [-0.15, -0.1) is 53.6 Å². The summed E-state index contributed by atoms with van der Waals surface area (Å²) in [6.07, 6.45) is 1.91. The van der Waals surface area contributed by atoms with Crippen LogP contribution in [0.4, 0.5) is 22.7 Å². The van der Waals surface area contributed by atoms with E-state index in [2.05, 4.69) is 261 Å². The molecule has 1 aliphatic heterocycles. The van der Waals surface area contributed by atoms with Crippen LogP contribution in [0.5, 0.6) is 11.5 Å². The van der Waals surface area contributed by atoms with Gasteiger partial charge in [0.05, 0.1) is 0 Å². The first-order chi connectivity index (χ1) is 32.3. The summed E-state index contributed by atoms with van der Waals surface area (Å²) in [5.74, 6) is 2.08. The summed E-state index contributed by atoms with van der Waals surface area (Å²) in [4.78, 5) is 9.55. The summed E-state index contributed by atoms with van der Waals surface area (Å²) in [5.41, 5.74) is 14.0. The second kappa shape index (κ2) is 18.7. The van der Waals surface area contributed by atoms with Gasteiger partial charge in [-0.25, -0.2) is 4.98 Å². The molecule has 0 aliphatic carbocycles. The molecule has 10 rings (SSSR count). The quantitative estimate of drug-likeness (QED) is 0.142. The third kappa shape index (κ3) is 9.46. The molecule has 3 heterocycles. The van der Waals surface area contributed by atoms with Gasteiger partial charge in [0, 0.05) is 45.7 Å². The Bertz CT molecular complexity index is 3330. The zero-order valence-electron chi connectivity index (χ0n) is 42.7. The van der Waals surface area contributed by atoms with Crippen LogP contribution in [-0.4, -0.2) is 9.55 Å². The van der Waals surface area contributed by atoms with Crippen molar-refractivity contribution in [3.05, 3.63) is 218 Å². The van der Waals surface area contributed by atoms with Crippen LogP contribution in [-0.2, 0) is 42.7 Å². The Morgan fingerprint density at radius 1 is 0.486 bits per heavy atom. The summed E-state index contributed by atoms with van der Waals surface area (Å²) >= 11 is 0. The average Bonchev–Trinajstić information content (AvgIpc) is 3.87. The predicted molar refractivity (Wildman–Crippen MR) is 291 cm³/mol. The Kier molecular flexibility index (Phi) is 13.4. The van der Waals surface area contributed by atoms with Gasteiger partial charge in [-0.1, -0.05) is 173 Å². The Balaban J connectivity index is 0.00000329. The summed E-state index contributed by atoms with van der Waals surface area (Å²) in [6, 6.07) is 64.3. The molecule has 0 saturated carbocycles. The van der Waals surface area contributed by atoms with E-state index in [9.17, 15) is 0 Å². The molecule has 6 heteroatoms. The zero-order valence-corrected chi connectivity index (χ0v) is 45.0. The topological polar surface area (TPSA) is 33.5 Å².